The molecule has 2 aromatic rings. The standard InChI is InChI=1S/C18H22N2O4/c1-4-18(5-2,17(23)24-3)19-15(21)12-20-11-10-13-8-6-7-9-14(13)16(20)22/h6-11H,4-5,12H2,1-3H3,(H,19,21). The highest BCUT2D eigenvalue weighted by molar-refractivity contribution is 5.88. The van der Waals surface area contributed by atoms with Crippen LogP contribution in [0.25, 0.3) is 10.8 Å². The topological polar surface area (TPSA) is 77.4 Å². The molecule has 1 aromatic heterocycles. The second-order valence-electron chi connectivity index (χ2n) is 5.67. The highest BCUT2D eigenvalue weighted by Gasteiger charge is 2.37. The summed E-state index contributed by atoms with van der Waals surface area (Å²) in [7, 11) is 1.29. The van der Waals surface area contributed by atoms with E-state index in [0.717, 1.165) is 5.39 Å². The van der Waals surface area contributed by atoms with Crippen molar-refractivity contribution in [1.29, 1.82) is 0 Å². The fourth-order valence-electron chi connectivity index (χ4n) is 2.78. The van der Waals surface area contributed by atoms with Crippen LogP contribution in [0.2, 0.25) is 0 Å². The molecule has 2 rings (SSSR count). The maximum atomic E-state index is 12.5. The van der Waals surface area contributed by atoms with Gasteiger partial charge in [0.05, 0.1) is 7.11 Å². The SMILES string of the molecule is CCC(CC)(NC(=O)Cn1ccc2ccccc2c1=O)C(=O)OC. The smallest absolute Gasteiger partial charge is 0.331 e. The quantitative estimate of drug-likeness (QED) is 0.820. The van der Waals surface area contributed by atoms with Crippen molar-refractivity contribution in [2.75, 3.05) is 7.11 Å². The van der Waals surface area contributed by atoms with E-state index in [4.69, 9.17) is 4.74 Å². The molecule has 1 heterocycles. The van der Waals surface area contributed by atoms with Crippen molar-refractivity contribution in [2.24, 2.45) is 0 Å². The number of carbonyl (C=O) groups excluding carboxylic acids is 2. The van der Waals surface area contributed by atoms with Gasteiger partial charge in [-0.1, -0.05) is 32.0 Å². The van der Waals surface area contributed by atoms with E-state index < -0.39 is 17.4 Å². The fourth-order valence-corrected chi connectivity index (χ4v) is 2.78. The Hall–Kier alpha value is -2.63. The first-order valence-corrected chi connectivity index (χ1v) is 7.95. The predicted molar refractivity (Wildman–Crippen MR) is 91.7 cm³/mol. The second-order valence-corrected chi connectivity index (χ2v) is 5.67. The Balaban J connectivity index is 2.25. The maximum absolute atomic E-state index is 12.5. The van der Waals surface area contributed by atoms with Crippen molar-refractivity contribution in [3.05, 3.63) is 46.9 Å². The first-order chi connectivity index (χ1) is 11.5. The van der Waals surface area contributed by atoms with Gasteiger partial charge in [0.1, 0.15) is 12.1 Å². The van der Waals surface area contributed by atoms with Gasteiger partial charge in [0.15, 0.2) is 0 Å². The minimum Gasteiger partial charge on any atom is -0.467 e. The summed E-state index contributed by atoms with van der Waals surface area (Å²) in [4.78, 5) is 36.8. The third kappa shape index (κ3) is 3.32. The van der Waals surface area contributed by atoms with E-state index in [-0.39, 0.29) is 12.1 Å². The molecule has 1 N–H and O–H groups in total. The molecular formula is C18H22N2O4. The minimum atomic E-state index is -1.06. The fraction of sp³-hybridized carbons (Fsp3) is 0.389. The van der Waals surface area contributed by atoms with E-state index in [9.17, 15) is 14.4 Å². The number of methoxy groups -OCH3 is 1. The van der Waals surface area contributed by atoms with E-state index in [1.165, 1.54) is 11.7 Å². The van der Waals surface area contributed by atoms with Crippen LogP contribution in [-0.2, 0) is 20.9 Å². The Morgan fingerprint density at radius 2 is 1.83 bits per heavy atom. The monoisotopic (exact) mass is 330 g/mol. The van der Waals surface area contributed by atoms with Gasteiger partial charge in [0.2, 0.25) is 5.91 Å². The van der Waals surface area contributed by atoms with Crippen molar-refractivity contribution in [1.82, 2.24) is 9.88 Å². The molecule has 6 nitrogen and oxygen atoms in total. The van der Waals surface area contributed by atoms with Crippen molar-refractivity contribution in [3.8, 4) is 0 Å². The Morgan fingerprint density at radius 1 is 1.17 bits per heavy atom. The van der Waals surface area contributed by atoms with Gasteiger partial charge in [-0.3, -0.25) is 9.59 Å². The Kier molecular flexibility index (Phi) is 5.39. The minimum absolute atomic E-state index is 0.150. The lowest BCUT2D eigenvalue weighted by Gasteiger charge is -2.29. The number of nitrogens with zero attached hydrogens (tertiary/aromatic N) is 1. The summed E-state index contributed by atoms with van der Waals surface area (Å²) >= 11 is 0. The molecule has 0 unspecified atom stereocenters. The molecule has 1 aromatic carbocycles. The molecule has 0 radical (unpaired) electrons. The summed E-state index contributed by atoms with van der Waals surface area (Å²) in [6.45, 7) is 3.47. The molecule has 1 amide bonds. The van der Waals surface area contributed by atoms with Crippen molar-refractivity contribution in [3.63, 3.8) is 0 Å². The molecule has 0 aliphatic carbocycles. The number of benzene rings is 1. The van der Waals surface area contributed by atoms with Crippen LogP contribution in [0.15, 0.2) is 41.3 Å². The second kappa shape index (κ2) is 7.29. The highest BCUT2D eigenvalue weighted by Crippen LogP contribution is 2.17. The van der Waals surface area contributed by atoms with Crippen LogP contribution in [0, 0.1) is 0 Å². The lowest BCUT2D eigenvalue weighted by atomic mass is 9.93. The summed E-state index contributed by atoms with van der Waals surface area (Å²) in [5.41, 5.74) is -1.30. The average Bonchev–Trinajstić information content (AvgIpc) is 2.61. The van der Waals surface area contributed by atoms with Gasteiger partial charge in [-0.25, -0.2) is 4.79 Å². The van der Waals surface area contributed by atoms with Gasteiger partial charge in [0, 0.05) is 11.6 Å². The molecule has 0 spiro atoms. The van der Waals surface area contributed by atoms with Crippen LogP contribution < -0.4 is 10.9 Å². The number of hydrogen-bond acceptors (Lipinski definition) is 4. The molecule has 0 saturated heterocycles. The van der Waals surface area contributed by atoms with E-state index in [0.29, 0.717) is 18.2 Å². The number of fused-ring (bicyclic) bond motifs is 1. The number of amides is 1. The van der Waals surface area contributed by atoms with Gasteiger partial charge in [-0.05, 0) is 30.4 Å². The summed E-state index contributed by atoms with van der Waals surface area (Å²) < 4.78 is 6.15. The number of aromatic nitrogens is 1. The number of ether oxygens (including phenoxy) is 1. The lowest BCUT2D eigenvalue weighted by molar-refractivity contribution is -0.151. The number of nitrogens with one attached hydrogen (secondary N) is 1. The zero-order chi connectivity index (χ0) is 17.7. The van der Waals surface area contributed by atoms with Crippen LogP contribution in [0.4, 0.5) is 0 Å². The highest BCUT2D eigenvalue weighted by atomic mass is 16.5. The Morgan fingerprint density at radius 3 is 2.46 bits per heavy atom. The Labute approximate surface area is 140 Å². The molecule has 6 heteroatoms. The van der Waals surface area contributed by atoms with Crippen LogP contribution in [-0.4, -0.2) is 29.1 Å². The summed E-state index contributed by atoms with van der Waals surface area (Å²) in [6, 6.07) is 8.99. The number of hydrogen-bond donors (Lipinski definition) is 1. The van der Waals surface area contributed by atoms with Gasteiger partial charge < -0.3 is 14.6 Å². The van der Waals surface area contributed by atoms with Crippen molar-refractivity contribution in [2.45, 2.75) is 38.8 Å². The average molecular weight is 330 g/mol. The summed E-state index contributed by atoms with van der Waals surface area (Å²) in [6.07, 6.45) is 2.41. The number of rotatable bonds is 6. The van der Waals surface area contributed by atoms with E-state index in [1.54, 1.807) is 24.4 Å². The molecule has 0 atom stereocenters. The predicted octanol–water partition coefficient (Wildman–Crippen LogP) is 1.85. The summed E-state index contributed by atoms with van der Waals surface area (Å²) in [5, 5.41) is 4.11. The first-order valence-electron chi connectivity index (χ1n) is 7.95. The third-order valence-corrected chi connectivity index (χ3v) is 4.36. The molecule has 0 aliphatic rings. The largest absolute Gasteiger partial charge is 0.467 e. The molecular weight excluding hydrogens is 308 g/mol. The number of pyridine rings is 1. The first kappa shape index (κ1) is 17.7. The maximum Gasteiger partial charge on any atom is 0.331 e. The van der Waals surface area contributed by atoms with Crippen LogP contribution >= 0.6 is 0 Å². The third-order valence-electron chi connectivity index (χ3n) is 4.36. The zero-order valence-corrected chi connectivity index (χ0v) is 14.2. The lowest BCUT2D eigenvalue weighted by Crippen LogP contribution is -2.55. The van der Waals surface area contributed by atoms with Crippen LogP contribution in [0.3, 0.4) is 0 Å². The van der Waals surface area contributed by atoms with E-state index in [2.05, 4.69) is 5.32 Å². The number of carbonyl (C=O) groups is 2. The van der Waals surface area contributed by atoms with Crippen LogP contribution in [0.1, 0.15) is 26.7 Å². The molecule has 0 fully saturated rings. The van der Waals surface area contributed by atoms with Gasteiger partial charge in [0.25, 0.3) is 5.56 Å². The molecule has 0 saturated carbocycles. The Bertz CT molecular complexity index is 806. The van der Waals surface area contributed by atoms with E-state index >= 15 is 0 Å². The summed E-state index contributed by atoms with van der Waals surface area (Å²) in [5.74, 6) is -0.881. The van der Waals surface area contributed by atoms with Crippen molar-refractivity contribution >= 4 is 22.6 Å². The molecule has 128 valence electrons. The van der Waals surface area contributed by atoms with Gasteiger partial charge >= 0.3 is 5.97 Å². The van der Waals surface area contributed by atoms with Crippen molar-refractivity contribution < 1.29 is 14.3 Å². The normalized spacial score (nSPS) is 11.3. The van der Waals surface area contributed by atoms with Gasteiger partial charge in [-0.2, -0.15) is 0 Å². The van der Waals surface area contributed by atoms with E-state index in [1.807, 2.05) is 26.0 Å². The molecule has 0 bridgehead atoms. The van der Waals surface area contributed by atoms with Gasteiger partial charge in [-0.15, -0.1) is 0 Å². The van der Waals surface area contributed by atoms with Crippen LogP contribution in [0.5, 0.6) is 0 Å². The number of esters is 1. The molecule has 24 heavy (non-hydrogen) atoms. The molecule has 0 aliphatic heterocycles. The zero-order valence-electron chi connectivity index (χ0n) is 14.2.